The van der Waals surface area contributed by atoms with Crippen molar-refractivity contribution in [1.82, 2.24) is 24.3 Å². The highest BCUT2D eigenvalue weighted by atomic mass is 32.1. The molecule has 3 rings (SSSR count). The third-order valence-corrected chi connectivity index (χ3v) is 3.17. The number of aryl methyl sites for hydroxylation is 2. The van der Waals surface area contributed by atoms with Crippen molar-refractivity contribution in [3.05, 3.63) is 40.6 Å². The van der Waals surface area contributed by atoms with Crippen molar-refractivity contribution in [2.75, 3.05) is 0 Å². The van der Waals surface area contributed by atoms with Gasteiger partial charge < -0.3 is 4.98 Å². The fourth-order valence-corrected chi connectivity index (χ4v) is 2.24. The number of aromatic amines is 1. The van der Waals surface area contributed by atoms with Crippen molar-refractivity contribution in [2.45, 2.75) is 13.5 Å². The smallest absolute Gasteiger partial charge is 0.179 e. The van der Waals surface area contributed by atoms with E-state index in [0.717, 1.165) is 22.6 Å². The van der Waals surface area contributed by atoms with Crippen molar-refractivity contribution in [3.63, 3.8) is 0 Å². The summed E-state index contributed by atoms with van der Waals surface area (Å²) in [6, 6.07) is 5.96. The van der Waals surface area contributed by atoms with Gasteiger partial charge in [-0.3, -0.25) is 9.25 Å². The standard InChI is InChI=1S/C12H13N5S/c1-8-3-4-10-11(13-8)17(12(18)14-10)7-9-5-6-16(2)15-9/h3-6H,7H2,1-2H3,(H,14,18). The van der Waals surface area contributed by atoms with Crippen molar-refractivity contribution >= 4 is 23.4 Å². The number of rotatable bonds is 2. The number of nitrogens with zero attached hydrogens (tertiary/aromatic N) is 4. The summed E-state index contributed by atoms with van der Waals surface area (Å²) in [4.78, 5) is 7.69. The minimum absolute atomic E-state index is 0.635. The zero-order chi connectivity index (χ0) is 12.7. The Hall–Kier alpha value is -1.95. The summed E-state index contributed by atoms with van der Waals surface area (Å²) in [6.45, 7) is 2.61. The maximum Gasteiger partial charge on any atom is 0.179 e. The first-order valence-electron chi connectivity index (χ1n) is 5.68. The normalized spacial score (nSPS) is 11.2. The molecule has 0 radical (unpaired) electrons. The number of hydrogen-bond donors (Lipinski definition) is 1. The third-order valence-electron chi connectivity index (χ3n) is 2.85. The van der Waals surface area contributed by atoms with Crippen LogP contribution in [0.3, 0.4) is 0 Å². The van der Waals surface area contributed by atoms with Gasteiger partial charge >= 0.3 is 0 Å². The first-order valence-corrected chi connectivity index (χ1v) is 6.09. The van der Waals surface area contributed by atoms with Crippen LogP contribution >= 0.6 is 12.2 Å². The molecule has 3 aromatic rings. The van der Waals surface area contributed by atoms with Crippen molar-refractivity contribution in [3.8, 4) is 0 Å². The summed E-state index contributed by atoms with van der Waals surface area (Å²) in [5, 5.41) is 4.36. The van der Waals surface area contributed by atoms with Gasteiger partial charge in [-0.05, 0) is 37.3 Å². The van der Waals surface area contributed by atoms with Crippen LogP contribution in [0.15, 0.2) is 24.4 Å². The zero-order valence-electron chi connectivity index (χ0n) is 10.2. The van der Waals surface area contributed by atoms with E-state index < -0.39 is 0 Å². The number of pyridine rings is 1. The highest BCUT2D eigenvalue weighted by Crippen LogP contribution is 2.13. The number of imidazole rings is 1. The van der Waals surface area contributed by atoms with Gasteiger partial charge in [-0.2, -0.15) is 5.10 Å². The molecule has 0 fully saturated rings. The second kappa shape index (κ2) is 4.06. The molecule has 5 nitrogen and oxygen atoms in total. The Morgan fingerprint density at radius 2 is 2.17 bits per heavy atom. The van der Waals surface area contributed by atoms with Gasteiger partial charge in [-0.1, -0.05) is 0 Å². The quantitative estimate of drug-likeness (QED) is 0.718. The topological polar surface area (TPSA) is 51.4 Å². The number of nitrogens with one attached hydrogen (secondary N) is 1. The molecule has 18 heavy (non-hydrogen) atoms. The second-order valence-electron chi connectivity index (χ2n) is 4.32. The minimum atomic E-state index is 0.635. The molecular formula is C12H13N5S. The molecule has 1 N–H and O–H groups in total. The average Bonchev–Trinajstić information content (AvgIpc) is 2.86. The van der Waals surface area contributed by atoms with E-state index in [0.29, 0.717) is 11.3 Å². The summed E-state index contributed by atoms with van der Waals surface area (Å²) in [5.41, 5.74) is 3.79. The molecule has 0 saturated heterocycles. The fourth-order valence-electron chi connectivity index (χ4n) is 1.98. The predicted octanol–water partition coefficient (Wildman–Crippen LogP) is 2.18. The molecule has 92 valence electrons. The molecule has 0 aliphatic rings. The summed E-state index contributed by atoms with van der Waals surface area (Å²) >= 11 is 5.33. The van der Waals surface area contributed by atoms with Crippen molar-refractivity contribution in [2.24, 2.45) is 7.05 Å². The van der Waals surface area contributed by atoms with Gasteiger partial charge in [0.15, 0.2) is 10.4 Å². The van der Waals surface area contributed by atoms with Gasteiger partial charge in [0.2, 0.25) is 0 Å². The van der Waals surface area contributed by atoms with Crippen molar-refractivity contribution in [1.29, 1.82) is 0 Å². The Kier molecular flexibility index (Phi) is 2.52. The largest absolute Gasteiger partial charge is 0.329 e. The summed E-state index contributed by atoms with van der Waals surface area (Å²) in [5.74, 6) is 0. The van der Waals surface area contributed by atoms with Gasteiger partial charge in [-0.15, -0.1) is 0 Å². The van der Waals surface area contributed by atoms with Gasteiger partial charge in [0.1, 0.15) is 0 Å². The van der Waals surface area contributed by atoms with E-state index in [1.165, 1.54) is 0 Å². The molecule has 0 amide bonds. The van der Waals surface area contributed by atoms with E-state index in [2.05, 4.69) is 15.1 Å². The Morgan fingerprint density at radius 3 is 2.89 bits per heavy atom. The predicted molar refractivity (Wildman–Crippen MR) is 72.0 cm³/mol. The van der Waals surface area contributed by atoms with Crippen LogP contribution in [-0.2, 0) is 13.6 Å². The van der Waals surface area contributed by atoms with Crippen LogP contribution < -0.4 is 0 Å². The fraction of sp³-hybridized carbons (Fsp3) is 0.250. The summed E-state index contributed by atoms with van der Waals surface area (Å²) < 4.78 is 4.43. The van der Waals surface area contributed by atoms with Crippen LogP contribution in [-0.4, -0.2) is 24.3 Å². The Labute approximate surface area is 109 Å². The maximum absolute atomic E-state index is 5.33. The molecule has 0 atom stereocenters. The van der Waals surface area contributed by atoms with Crippen LogP contribution in [0.5, 0.6) is 0 Å². The van der Waals surface area contributed by atoms with Crippen LogP contribution in [0.1, 0.15) is 11.4 Å². The number of hydrogen-bond acceptors (Lipinski definition) is 3. The van der Waals surface area contributed by atoms with Crippen LogP contribution in [0.2, 0.25) is 0 Å². The second-order valence-corrected chi connectivity index (χ2v) is 4.71. The monoisotopic (exact) mass is 259 g/mol. The molecule has 0 aromatic carbocycles. The Morgan fingerprint density at radius 1 is 1.33 bits per heavy atom. The van der Waals surface area contributed by atoms with E-state index in [9.17, 15) is 0 Å². The van der Waals surface area contributed by atoms with E-state index in [1.54, 1.807) is 4.68 Å². The average molecular weight is 259 g/mol. The molecule has 6 heteroatoms. The van der Waals surface area contributed by atoms with E-state index in [4.69, 9.17) is 12.2 Å². The van der Waals surface area contributed by atoms with Gasteiger partial charge in [0.05, 0.1) is 17.8 Å². The molecule has 0 unspecified atom stereocenters. The molecule has 0 aliphatic carbocycles. The number of aromatic nitrogens is 5. The molecule has 0 aliphatic heterocycles. The number of fused-ring (bicyclic) bond motifs is 1. The Balaban J connectivity index is 2.13. The molecule has 0 bridgehead atoms. The Bertz CT molecular complexity index is 764. The highest BCUT2D eigenvalue weighted by molar-refractivity contribution is 7.71. The van der Waals surface area contributed by atoms with Crippen LogP contribution in [0, 0.1) is 11.7 Å². The molecule has 3 heterocycles. The first-order chi connectivity index (χ1) is 8.63. The maximum atomic E-state index is 5.33. The third kappa shape index (κ3) is 1.84. The lowest BCUT2D eigenvalue weighted by Gasteiger charge is -2.01. The van der Waals surface area contributed by atoms with Gasteiger partial charge in [0.25, 0.3) is 0 Å². The lowest BCUT2D eigenvalue weighted by molar-refractivity contribution is 0.707. The summed E-state index contributed by atoms with van der Waals surface area (Å²) in [6.07, 6.45) is 1.92. The van der Waals surface area contributed by atoms with Gasteiger partial charge in [-0.25, -0.2) is 4.98 Å². The molecular weight excluding hydrogens is 246 g/mol. The molecule has 3 aromatic heterocycles. The lowest BCUT2D eigenvalue weighted by atomic mass is 10.3. The van der Waals surface area contributed by atoms with E-state index in [1.807, 2.05) is 42.9 Å². The van der Waals surface area contributed by atoms with Crippen LogP contribution in [0.25, 0.3) is 11.2 Å². The lowest BCUT2D eigenvalue weighted by Crippen LogP contribution is -2.02. The molecule has 0 spiro atoms. The SMILES string of the molecule is Cc1ccc2[nH]c(=S)n(Cc3ccn(C)n3)c2n1. The van der Waals surface area contributed by atoms with E-state index in [-0.39, 0.29) is 0 Å². The van der Waals surface area contributed by atoms with Gasteiger partial charge in [0, 0.05) is 18.9 Å². The zero-order valence-corrected chi connectivity index (χ0v) is 11.0. The summed E-state index contributed by atoms with van der Waals surface area (Å²) in [7, 11) is 1.90. The van der Waals surface area contributed by atoms with Crippen LogP contribution in [0.4, 0.5) is 0 Å². The number of H-pyrrole nitrogens is 1. The van der Waals surface area contributed by atoms with Crippen molar-refractivity contribution < 1.29 is 0 Å². The molecule has 0 saturated carbocycles. The highest BCUT2D eigenvalue weighted by Gasteiger charge is 2.07. The minimum Gasteiger partial charge on any atom is -0.329 e. The first kappa shape index (κ1) is 11.2. The van der Waals surface area contributed by atoms with E-state index >= 15 is 0 Å².